The minimum atomic E-state index is -0.321. The first kappa shape index (κ1) is 20.9. The summed E-state index contributed by atoms with van der Waals surface area (Å²) in [6.45, 7) is 1.71. The van der Waals surface area contributed by atoms with Gasteiger partial charge in [0.2, 0.25) is 0 Å². The van der Waals surface area contributed by atoms with Gasteiger partial charge in [0.1, 0.15) is 0 Å². The van der Waals surface area contributed by atoms with Crippen molar-refractivity contribution in [2.75, 3.05) is 11.4 Å². The Morgan fingerprint density at radius 2 is 1.68 bits per heavy atom. The molecule has 3 nitrogen and oxygen atoms in total. The molecular weight excluding hydrogens is 447 g/mol. The van der Waals surface area contributed by atoms with Crippen LogP contribution in [0.4, 0.5) is 16.2 Å². The number of thiol groups is 1. The zero-order valence-corrected chi connectivity index (χ0v) is 19.2. The normalized spacial score (nSPS) is 18.5. The fraction of sp³-hybridized carbons (Fsp3) is 0.240. The molecule has 158 valence electrons. The van der Waals surface area contributed by atoms with Crippen molar-refractivity contribution in [2.24, 2.45) is 0 Å². The SMILES string of the molecule is O=C(S)N(c1ccccc1)c1ccccc1C1CN(C2CC2)Cc2c(Cl)cc(Cl)cc21. The summed E-state index contributed by atoms with van der Waals surface area (Å²) in [5, 5.41) is 1.02. The van der Waals surface area contributed by atoms with Crippen molar-refractivity contribution in [1.29, 1.82) is 0 Å². The van der Waals surface area contributed by atoms with Crippen LogP contribution in [0, 0.1) is 0 Å². The molecule has 1 fully saturated rings. The van der Waals surface area contributed by atoms with E-state index in [4.69, 9.17) is 23.2 Å². The number of hydrogen-bond donors (Lipinski definition) is 1. The number of carbonyl (C=O) groups is 1. The Bertz CT molecular complexity index is 1130. The molecule has 0 bridgehead atoms. The maximum atomic E-state index is 12.7. The van der Waals surface area contributed by atoms with Gasteiger partial charge in [-0.3, -0.25) is 14.6 Å². The Labute approximate surface area is 198 Å². The molecule has 0 N–H and O–H groups in total. The van der Waals surface area contributed by atoms with E-state index < -0.39 is 0 Å². The predicted octanol–water partition coefficient (Wildman–Crippen LogP) is 7.29. The average Bonchev–Trinajstić information content (AvgIpc) is 3.60. The van der Waals surface area contributed by atoms with Gasteiger partial charge in [-0.05, 0) is 59.9 Å². The smallest absolute Gasteiger partial charge is 0.287 e. The van der Waals surface area contributed by atoms with Crippen molar-refractivity contribution in [2.45, 2.75) is 31.3 Å². The molecule has 3 aromatic carbocycles. The van der Waals surface area contributed by atoms with E-state index in [0.29, 0.717) is 16.1 Å². The first-order valence-electron chi connectivity index (χ1n) is 10.4. The van der Waals surface area contributed by atoms with Crippen LogP contribution < -0.4 is 4.90 Å². The number of halogens is 2. The molecule has 0 spiro atoms. The maximum absolute atomic E-state index is 12.7. The summed E-state index contributed by atoms with van der Waals surface area (Å²) in [7, 11) is 0. The number of carbonyl (C=O) groups excluding carboxylic acids is 1. The van der Waals surface area contributed by atoms with Crippen molar-refractivity contribution in [3.63, 3.8) is 0 Å². The summed E-state index contributed by atoms with van der Waals surface area (Å²) in [5.41, 5.74) is 4.96. The van der Waals surface area contributed by atoms with Crippen LogP contribution in [0.1, 0.15) is 35.4 Å². The van der Waals surface area contributed by atoms with Gasteiger partial charge in [-0.15, -0.1) is 0 Å². The Morgan fingerprint density at radius 1 is 0.968 bits per heavy atom. The zero-order valence-electron chi connectivity index (χ0n) is 16.8. The van der Waals surface area contributed by atoms with Gasteiger partial charge >= 0.3 is 0 Å². The highest BCUT2D eigenvalue weighted by atomic mass is 35.5. The fourth-order valence-electron chi connectivity index (χ4n) is 4.60. The van der Waals surface area contributed by atoms with Crippen LogP contribution in [-0.4, -0.2) is 22.7 Å². The molecule has 5 rings (SSSR count). The number of rotatable bonds is 4. The van der Waals surface area contributed by atoms with E-state index in [1.807, 2.05) is 60.7 Å². The maximum Gasteiger partial charge on any atom is 0.287 e. The van der Waals surface area contributed by atoms with Crippen LogP contribution in [-0.2, 0) is 6.54 Å². The lowest BCUT2D eigenvalue weighted by Crippen LogP contribution is -2.36. The number of nitrogens with zero attached hydrogens (tertiary/aromatic N) is 2. The number of hydrogen-bond acceptors (Lipinski definition) is 2. The van der Waals surface area contributed by atoms with E-state index in [1.54, 1.807) is 4.90 Å². The van der Waals surface area contributed by atoms with Crippen LogP contribution in [0.15, 0.2) is 66.7 Å². The fourth-order valence-corrected chi connectivity index (χ4v) is 5.39. The van der Waals surface area contributed by atoms with E-state index in [0.717, 1.165) is 41.2 Å². The van der Waals surface area contributed by atoms with Gasteiger partial charge in [0, 0.05) is 40.8 Å². The van der Waals surface area contributed by atoms with Gasteiger partial charge in [-0.2, -0.15) is 0 Å². The van der Waals surface area contributed by atoms with Gasteiger partial charge in [0.25, 0.3) is 5.24 Å². The van der Waals surface area contributed by atoms with Crippen molar-refractivity contribution in [3.05, 3.63) is 93.5 Å². The van der Waals surface area contributed by atoms with Gasteiger partial charge in [0.15, 0.2) is 0 Å². The number of para-hydroxylation sites is 2. The first-order valence-corrected chi connectivity index (χ1v) is 11.6. The van der Waals surface area contributed by atoms with E-state index in [9.17, 15) is 4.79 Å². The summed E-state index contributed by atoms with van der Waals surface area (Å²) in [6, 6.07) is 22.1. The molecule has 1 saturated carbocycles. The monoisotopic (exact) mass is 468 g/mol. The summed E-state index contributed by atoms with van der Waals surface area (Å²) in [5.74, 6) is 0.0515. The molecule has 31 heavy (non-hydrogen) atoms. The summed E-state index contributed by atoms with van der Waals surface area (Å²) in [6.07, 6.45) is 2.44. The van der Waals surface area contributed by atoms with Gasteiger partial charge in [-0.1, -0.05) is 72.2 Å². The second-order valence-corrected chi connectivity index (χ2v) is 9.41. The lowest BCUT2D eigenvalue weighted by atomic mass is 9.83. The second kappa shape index (κ2) is 8.51. The summed E-state index contributed by atoms with van der Waals surface area (Å²) < 4.78 is 0. The second-order valence-electron chi connectivity index (χ2n) is 8.18. The molecule has 0 radical (unpaired) electrons. The largest absolute Gasteiger partial charge is 0.295 e. The Hall–Kier alpha value is -1.98. The highest BCUT2D eigenvalue weighted by Crippen LogP contribution is 2.45. The third-order valence-electron chi connectivity index (χ3n) is 6.17. The zero-order chi connectivity index (χ0) is 21.5. The van der Waals surface area contributed by atoms with E-state index in [2.05, 4.69) is 23.6 Å². The third kappa shape index (κ3) is 4.10. The Kier molecular flexibility index (Phi) is 5.74. The van der Waals surface area contributed by atoms with Crippen molar-refractivity contribution >= 4 is 52.4 Å². The summed E-state index contributed by atoms with van der Waals surface area (Å²) >= 11 is 17.3. The molecule has 6 heteroatoms. The van der Waals surface area contributed by atoms with E-state index >= 15 is 0 Å². The Balaban J connectivity index is 1.67. The molecule has 1 heterocycles. The van der Waals surface area contributed by atoms with Crippen LogP contribution in [0.25, 0.3) is 0 Å². The highest BCUT2D eigenvalue weighted by molar-refractivity contribution is 7.97. The van der Waals surface area contributed by atoms with E-state index in [1.165, 1.54) is 12.8 Å². The van der Waals surface area contributed by atoms with Gasteiger partial charge in [-0.25, -0.2) is 0 Å². The molecule has 1 unspecified atom stereocenters. The number of anilines is 2. The summed E-state index contributed by atoms with van der Waals surface area (Å²) in [4.78, 5) is 16.8. The Morgan fingerprint density at radius 3 is 2.39 bits per heavy atom. The molecule has 1 atom stereocenters. The van der Waals surface area contributed by atoms with Crippen LogP contribution in [0.3, 0.4) is 0 Å². The highest BCUT2D eigenvalue weighted by Gasteiger charge is 2.37. The molecule has 3 aromatic rings. The standard InChI is InChI=1S/C25H22Cl2N2OS/c26-16-12-20-21(14-28(17-10-11-17)15-22(20)23(27)13-16)19-8-4-5-9-24(19)29(25(30)31)18-6-2-1-3-7-18/h1-9,12-13,17,21H,10-11,14-15H2,(H,30,31). The molecule has 1 amide bonds. The van der Waals surface area contributed by atoms with Crippen LogP contribution in [0.2, 0.25) is 10.0 Å². The van der Waals surface area contributed by atoms with Crippen molar-refractivity contribution in [3.8, 4) is 0 Å². The van der Waals surface area contributed by atoms with Crippen LogP contribution in [0.5, 0.6) is 0 Å². The first-order chi connectivity index (χ1) is 15.0. The molecule has 2 aliphatic rings. The van der Waals surface area contributed by atoms with Gasteiger partial charge < -0.3 is 0 Å². The predicted molar refractivity (Wildman–Crippen MR) is 131 cm³/mol. The number of fused-ring (bicyclic) bond motifs is 1. The van der Waals surface area contributed by atoms with Crippen LogP contribution >= 0.6 is 35.8 Å². The minimum absolute atomic E-state index is 0.0515. The molecule has 1 aliphatic heterocycles. The third-order valence-corrected chi connectivity index (χ3v) is 6.93. The van der Waals surface area contributed by atoms with E-state index in [-0.39, 0.29) is 11.2 Å². The number of amides is 1. The molecule has 0 aromatic heterocycles. The number of benzene rings is 3. The quantitative estimate of drug-likeness (QED) is 0.406. The topological polar surface area (TPSA) is 23.6 Å². The minimum Gasteiger partial charge on any atom is -0.295 e. The lowest BCUT2D eigenvalue weighted by Gasteiger charge is -2.37. The van der Waals surface area contributed by atoms with Crippen molar-refractivity contribution < 1.29 is 4.79 Å². The average molecular weight is 469 g/mol. The molecule has 0 saturated heterocycles. The van der Waals surface area contributed by atoms with Crippen molar-refractivity contribution in [1.82, 2.24) is 4.90 Å². The van der Waals surface area contributed by atoms with Gasteiger partial charge in [0.05, 0.1) is 5.69 Å². The molecule has 1 aliphatic carbocycles. The lowest BCUT2D eigenvalue weighted by molar-refractivity contribution is 0.230. The molecular formula is C25H22Cl2N2OS.